The Morgan fingerprint density at radius 3 is 2.46 bits per heavy atom. The summed E-state index contributed by atoms with van der Waals surface area (Å²) < 4.78 is 1.96. The molecule has 0 saturated heterocycles. The van der Waals surface area contributed by atoms with Crippen molar-refractivity contribution in [3.8, 4) is 0 Å². The summed E-state index contributed by atoms with van der Waals surface area (Å²) in [5.74, 6) is 1.68. The highest BCUT2D eigenvalue weighted by Crippen LogP contribution is 2.34. The van der Waals surface area contributed by atoms with E-state index in [9.17, 15) is 0 Å². The molecule has 0 radical (unpaired) electrons. The molecular weight excluding hydrogens is 162 g/mol. The third kappa shape index (κ3) is 1.60. The van der Waals surface area contributed by atoms with Crippen molar-refractivity contribution in [2.45, 2.75) is 51.5 Å². The Labute approximate surface area is 79.2 Å². The minimum absolute atomic E-state index is 0.0645. The van der Waals surface area contributed by atoms with E-state index in [1.54, 1.807) is 0 Å². The monoisotopic (exact) mass is 179 g/mol. The van der Waals surface area contributed by atoms with Gasteiger partial charge in [0.25, 0.3) is 0 Å². The zero-order valence-corrected chi connectivity index (χ0v) is 8.62. The highest BCUT2D eigenvalue weighted by atomic mass is 15.4. The first-order valence-corrected chi connectivity index (χ1v) is 4.99. The SMILES string of the molecule is CC(C)(C)n1cnc(C2CCC2)n1. The van der Waals surface area contributed by atoms with Crippen molar-refractivity contribution in [1.82, 2.24) is 14.8 Å². The molecule has 3 heteroatoms. The van der Waals surface area contributed by atoms with Gasteiger partial charge in [-0.1, -0.05) is 6.42 Å². The first-order chi connectivity index (χ1) is 6.07. The number of hydrogen-bond donors (Lipinski definition) is 0. The van der Waals surface area contributed by atoms with Crippen LogP contribution in [-0.2, 0) is 5.54 Å². The summed E-state index contributed by atoms with van der Waals surface area (Å²) in [5, 5.41) is 4.51. The predicted octanol–water partition coefficient (Wildman–Crippen LogP) is 2.30. The van der Waals surface area contributed by atoms with E-state index in [2.05, 4.69) is 30.9 Å². The molecule has 1 aromatic rings. The van der Waals surface area contributed by atoms with E-state index in [0.717, 1.165) is 5.82 Å². The summed E-state index contributed by atoms with van der Waals surface area (Å²) in [6.07, 6.45) is 5.74. The number of nitrogens with zero attached hydrogens (tertiary/aromatic N) is 3. The van der Waals surface area contributed by atoms with Gasteiger partial charge in [0.2, 0.25) is 0 Å². The van der Waals surface area contributed by atoms with E-state index >= 15 is 0 Å². The molecule has 0 unspecified atom stereocenters. The fourth-order valence-corrected chi connectivity index (χ4v) is 1.45. The number of aromatic nitrogens is 3. The molecule has 1 aromatic heterocycles. The van der Waals surface area contributed by atoms with Gasteiger partial charge < -0.3 is 0 Å². The third-order valence-corrected chi connectivity index (χ3v) is 2.67. The van der Waals surface area contributed by atoms with Crippen LogP contribution in [0.3, 0.4) is 0 Å². The standard InChI is InChI=1S/C10H17N3/c1-10(2,3)13-7-11-9(12-13)8-5-4-6-8/h7-8H,4-6H2,1-3H3. The summed E-state index contributed by atoms with van der Waals surface area (Å²) >= 11 is 0. The third-order valence-electron chi connectivity index (χ3n) is 2.67. The lowest BCUT2D eigenvalue weighted by molar-refractivity contribution is 0.341. The molecule has 0 spiro atoms. The molecule has 1 saturated carbocycles. The van der Waals surface area contributed by atoms with E-state index in [1.807, 2.05) is 11.0 Å². The van der Waals surface area contributed by atoms with Crippen LogP contribution in [0.4, 0.5) is 0 Å². The molecule has 2 rings (SSSR count). The van der Waals surface area contributed by atoms with Crippen molar-refractivity contribution in [1.29, 1.82) is 0 Å². The number of hydrogen-bond acceptors (Lipinski definition) is 2. The minimum Gasteiger partial charge on any atom is -0.247 e. The molecule has 1 heterocycles. The summed E-state index contributed by atoms with van der Waals surface area (Å²) in [4.78, 5) is 4.36. The van der Waals surface area contributed by atoms with E-state index < -0.39 is 0 Å². The summed E-state index contributed by atoms with van der Waals surface area (Å²) in [6, 6.07) is 0. The van der Waals surface area contributed by atoms with Gasteiger partial charge >= 0.3 is 0 Å². The van der Waals surface area contributed by atoms with Gasteiger partial charge in [-0.25, -0.2) is 9.67 Å². The fraction of sp³-hybridized carbons (Fsp3) is 0.800. The Morgan fingerprint density at radius 1 is 1.38 bits per heavy atom. The Hall–Kier alpha value is -0.860. The number of rotatable bonds is 1. The largest absolute Gasteiger partial charge is 0.247 e. The second-order valence-corrected chi connectivity index (χ2v) is 4.85. The van der Waals surface area contributed by atoms with Crippen LogP contribution in [0.2, 0.25) is 0 Å². The molecule has 72 valence electrons. The quantitative estimate of drug-likeness (QED) is 0.662. The Bertz CT molecular complexity index is 291. The molecule has 0 N–H and O–H groups in total. The lowest BCUT2D eigenvalue weighted by Gasteiger charge is -2.22. The van der Waals surface area contributed by atoms with Crippen molar-refractivity contribution >= 4 is 0 Å². The summed E-state index contributed by atoms with van der Waals surface area (Å²) in [5.41, 5.74) is 0.0645. The Morgan fingerprint density at radius 2 is 2.08 bits per heavy atom. The minimum atomic E-state index is 0.0645. The van der Waals surface area contributed by atoms with Gasteiger partial charge in [-0.3, -0.25) is 0 Å². The average molecular weight is 179 g/mol. The van der Waals surface area contributed by atoms with Crippen LogP contribution >= 0.6 is 0 Å². The lowest BCUT2D eigenvalue weighted by atomic mass is 9.85. The van der Waals surface area contributed by atoms with Gasteiger partial charge in [0.05, 0.1) is 5.54 Å². The maximum atomic E-state index is 4.51. The van der Waals surface area contributed by atoms with Gasteiger partial charge in [-0.15, -0.1) is 0 Å². The van der Waals surface area contributed by atoms with Crippen molar-refractivity contribution in [3.05, 3.63) is 12.2 Å². The maximum absolute atomic E-state index is 4.51. The highest BCUT2D eigenvalue weighted by Gasteiger charge is 2.24. The van der Waals surface area contributed by atoms with E-state index in [4.69, 9.17) is 0 Å². The molecule has 0 amide bonds. The van der Waals surface area contributed by atoms with Crippen molar-refractivity contribution in [3.63, 3.8) is 0 Å². The van der Waals surface area contributed by atoms with E-state index in [0.29, 0.717) is 5.92 Å². The fourth-order valence-electron chi connectivity index (χ4n) is 1.45. The van der Waals surface area contributed by atoms with Gasteiger partial charge in [-0.2, -0.15) is 5.10 Å². The topological polar surface area (TPSA) is 30.7 Å². The molecule has 0 aliphatic heterocycles. The van der Waals surface area contributed by atoms with Crippen molar-refractivity contribution < 1.29 is 0 Å². The summed E-state index contributed by atoms with van der Waals surface area (Å²) in [6.45, 7) is 6.44. The highest BCUT2D eigenvalue weighted by molar-refractivity contribution is 4.99. The molecule has 13 heavy (non-hydrogen) atoms. The smallest absolute Gasteiger partial charge is 0.153 e. The van der Waals surface area contributed by atoms with Crippen LogP contribution in [-0.4, -0.2) is 14.8 Å². The average Bonchev–Trinajstić information content (AvgIpc) is 2.29. The summed E-state index contributed by atoms with van der Waals surface area (Å²) in [7, 11) is 0. The van der Waals surface area contributed by atoms with Gasteiger partial charge in [-0.05, 0) is 33.6 Å². The van der Waals surface area contributed by atoms with Crippen molar-refractivity contribution in [2.75, 3.05) is 0 Å². The normalized spacial score (nSPS) is 18.7. The second kappa shape index (κ2) is 2.82. The van der Waals surface area contributed by atoms with Gasteiger partial charge in [0.15, 0.2) is 5.82 Å². The lowest BCUT2D eigenvalue weighted by Crippen LogP contribution is -2.23. The first kappa shape index (κ1) is 8.73. The van der Waals surface area contributed by atoms with Gasteiger partial charge in [0.1, 0.15) is 6.33 Å². The molecule has 1 fully saturated rings. The van der Waals surface area contributed by atoms with Crippen LogP contribution in [0, 0.1) is 0 Å². The molecule has 1 aliphatic carbocycles. The van der Waals surface area contributed by atoms with Crippen LogP contribution in [0.1, 0.15) is 51.8 Å². The Balaban J connectivity index is 2.17. The molecule has 0 aromatic carbocycles. The molecular formula is C10H17N3. The zero-order chi connectivity index (χ0) is 9.47. The van der Waals surface area contributed by atoms with Crippen LogP contribution in [0.25, 0.3) is 0 Å². The predicted molar refractivity (Wildman–Crippen MR) is 51.6 cm³/mol. The van der Waals surface area contributed by atoms with E-state index in [-0.39, 0.29) is 5.54 Å². The first-order valence-electron chi connectivity index (χ1n) is 4.99. The zero-order valence-electron chi connectivity index (χ0n) is 8.62. The van der Waals surface area contributed by atoms with Crippen LogP contribution in [0.5, 0.6) is 0 Å². The van der Waals surface area contributed by atoms with Crippen LogP contribution in [0.15, 0.2) is 6.33 Å². The van der Waals surface area contributed by atoms with E-state index in [1.165, 1.54) is 19.3 Å². The molecule has 1 aliphatic rings. The van der Waals surface area contributed by atoms with Gasteiger partial charge in [0, 0.05) is 5.92 Å². The maximum Gasteiger partial charge on any atom is 0.153 e. The second-order valence-electron chi connectivity index (χ2n) is 4.85. The van der Waals surface area contributed by atoms with Crippen LogP contribution < -0.4 is 0 Å². The van der Waals surface area contributed by atoms with Crippen molar-refractivity contribution in [2.24, 2.45) is 0 Å². The molecule has 0 bridgehead atoms. The molecule has 3 nitrogen and oxygen atoms in total. The Kier molecular flexibility index (Phi) is 1.90. The molecule has 0 atom stereocenters.